The van der Waals surface area contributed by atoms with Gasteiger partial charge in [-0.05, 0) is 12.5 Å². The van der Waals surface area contributed by atoms with Crippen LogP contribution in [0.5, 0.6) is 0 Å². The first-order valence-corrected chi connectivity index (χ1v) is 6.21. The number of rotatable bonds is 4. The quantitative estimate of drug-likeness (QED) is 0.915. The molecule has 1 aromatic heterocycles. The number of aryl methyl sites for hydroxylation is 1. The molecule has 0 radical (unpaired) electrons. The van der Waals surface area contributed by atoms with Gasteiger partial charge in [0.1, 0.15) is 11.6 Å². The molecule has 0 spiro atoms. The molecule has 19 heavy (non-hydrogen) atoms. The topological polar surface area (TPSA) is 68.0 Å². The first kappa shape index (κ1) is 13.3. The van der Waals surface area contributed by atoms with Gasteiger partial charge in [0.2, 0.25) is 0 Å². The van der Waals surface area contributed by atoms with Gasteiger partial charge in [0.05, 0.1) is 0 Å². The zero-order chi connectivity index (χ0) is 14.0. The smallest absolute Gasteiger partial charge is 0.333 e. The largest absolute Gasteiger partial charge is 0.479 e. The number of hydrogen-bond acceptors (Lipinski definition) is 3. The van der Waals surface area contributed by atoms with Crippen LogP contribution in [0, 0.1) is 6.92 Å². The first-order valence-electron chi connectivity index (χ1n) is 6.21. The molecule has 2 aromatic rings. The van der Waals surface area contributed by atoms with Crippen molar-refractivity contribution in [1.82, 2.24) is 14.8 Å². The molecule has 2 rings (SSSR count). The first-order chi connectivity index (χ1) is 9.00. The number of nitrogens with zero attached hydrogens (tertiary/aromatic N) is 3. The fourth-order valence-electron chi connectivity index (χ4n) is 2.05. The number of hydrogen-bond donors (Lipinski definition) is 1. The Kier molecular flexibility index (Phi) is 3.64. The van der Waals surface area contributed by atoms with Gasteiger partial charge in [0, 0.05) is 5.92 Å². The minimum absolute atomic E-state index is 0.117. The Morgan fingerprint density at radius 1 is 1.26 bits per heavy atom. The standard InChI is InChI=1S/C14H17N3O2/c1-9(2)13-15-10(3)16-17(13)12(14(18)19)11-7-5-4-6-8-11/h4-9,12H,1-3H3,(H,18,19). The van der Waals surface area contributed by atoms with Crippen LogP contribution in [0.1, 0.15) is 43.0 Å². The molecule has 0 aliphatic heterocycles. The van der Waals surface area contributed by atoms with Gasteiger partial charge in [-0.1, -0.05) is 44.2 Å². The van der Waals surface area contributed by atoms with Gasteiger partial charge in [0.15, 0.2) is 6.04 Å². The highest BCUT2D eigenvalue weighted by molar-refractivity contribution is 5.76. The molecule has 5 heteroatoms. The predicted molar refractivity (Wildman–Crippen MR) is 71.1 cm³/mol. The average Bonchev–Trinajstić information content (AvgIpc) is 2.72. The minimum Gasteiger partial charge on any atom is -0.479 e. The lowest BCUT2D eigenvalue weighted by molar-refractivity contribution is -0.139. The van der Waals surface area contributed by atoms with Gasteiger partial charge >= 0.3 is 5.97 Å². The van der Waals surface area contributed by atoms with E-state index in [4.69, 9.17) is 0 Å². The summed E-state index contributed by atoms with van der Waals surface area (Å²) in [4.78, 5) is 15.9. The summed E-state index contributed by atoms with van der Waals surface area (Å²) in [5.74, 6) is 0.462. The second-order valence-electron chi connectivity index (χ2n) is 4.77. The van der Waals surface area contributed by atoms with Crippen LogP contribution in [0.25, 0.3) is 0 Å². The Morgan fingerprint density at radius 3 is 2.42 bits per heavy atom. The monoisotopic (exact) mass is 259 g/mol. The fourth-order valence-corrected chi connectivity index (χ4v) is 2.05. The Morgan fingerprint density at radius 2 is 1.89 bits per heavy atom. The highest BCUT2D eigenvalue weighted by Gasteiger charge is 2.27. The van der Waals surface area contributed by atoms with E-state index in [9.17, 15) is 9.90 Å². The van der Waals surface area contributed by atoms with Gasteiger partial charge in [-0.15, -0.1) is 0 Å². The molecule has 1 unspecified atom stereocenters. The Labute approximate surface area is 111 Å². The van der Waals surface area contributed by atoms with E-state index in [2.05, 4.69) is 10.1 Å². The summed E-state index contributed by atoms with van der Waals surface area (Å²) in [5.41, 5.74) is 0.696. The van der Waals surface area contributed by atoms with Crippen molar-refractivity contribution in [3.05, 3.63) is 47.5 Å². The second kappa shape index (κ2) is 5.22. The lowest BCUT2D eigenvalue weighted by Gasteiger charge is -2.16. The van der Waals surface area contributed by atoms with E-state index in [1.54, 1.807) is 19.1 Å². The number of aliphatic carboxylic acids is 1. The zero-order valence-electron chi connectivity index (χ0n) is 11.2. The zero-order valence-corrected chi connectivity index (χ0v) is 11.2. The summed E-state index contributed by atoms with van der Waals surface area (Å²) in [6.07, 6.45) is 0. The molecule has 100 valence electrons. The highest BCUT2D eigenvalue weighted by Crippen LogP contribution is 2.23. The van der Waals surface area contributed by atoms with Crippen LogP contribution >= 0.6 is 0 Å². The van der Waals surface area contributed by atoms with Crippen molar-refractivity contribution in [1.29, 1.82) is 0 Å². The predicted octanol–water partition coefficient (Wildman–Crippen LogP) is 2.38. The third-order valence-corrected chi connectivity index (χ3v) is 2.87. The van der Waals surface area contributed by atoms with E-state index in [1.807, 2.05) is 32.0 Å². The summed E-state index contributed by atoms with van der Waals surface area (Å²) >= 11 is 0. The molecule has 0 amide bonds. The Hall–Kier alpha value is -2.17. The normalized spacial score (nSPS) is 12.6. The Bertz CT molecular complexity index is 576. The van der Waals surface area contributed by atoms with Crippen molar-refractivity contribution in [3.8, 4) is 0 Å². The molecule has 0 saturated heterocycles. The molecule has 1 heterocycles. The lowest BCUT2D eigenvalue weighted by Crippen LogP contribution is -2.24. The van der Waals surface area contributed by atoms with Gasteiger partial charge in [-0.3, -0.25) is 0 Å². The van der Waals surface area contributed by atoms with E-state index in [0.29, 0.717) is 17.2 Å². The Balaban J connectivity index is 2.55. The van der Waals surface area contributed by atoms with Crippen LogP contribution < -0.4 is 0 Å². The summed E-state index contributed by atoms with van der Waals surface area (Å²) < 4.78 is 1.51. The molecule has 0 bridgehead atoms. The van der Waals surface area contributed by atoms with Crippen LogP contribution in [-0.2, 0) is 4.79 Å². The summed E-state index contributed by atoms with van der Waals surface area (Å²) in [5, 5.41) is 13.8. The highest BCUT2D eigenvalue weighted by atomic mass is 16.4. The number of benzene rings is 1. The maximum atomic E-state index is 11.6. The summed E-state index contributed by atoms with van der Waals surface area (Å²) in [6.45, 7) is 5.72. The van der Waals surface area contributed by atoms with Crippen LogP contribution in [0.2, 0.25) is 0 Å². The SMILES string of the molecule is Cc1nc(C(C)C)n(C(C(=O)O)c2ccccc2)n1. The van der Waals surface area contributed by atoms with Crippen molar-refractivity contribution < 1.29 is 9.90 Å². The molecule has 1 aromatic carbocycles. The van der Waals surface area contributed by atoms with Crippen LogP contribution in [0.4, 0.5) is 0 Å². The maximum absolute atomic E-state index is 11.6. The molecule has 0 aliphatic carbocycles. The average molecular weight is 259 g/mol. The van der Waals surface area contributed by atoms with E-state index >= 15 is 0 Å². The van der Waals surface area contributed by atoms with E-state index < -0.39 is 12.0 Å². The third-order valence-electron chi connectivity index (χ3n) is 2.87. The molecular formula is C14H17N3O2. The van der Waals surface area contributed by atoms with E-state index in [-0.39, 0.29) is 5.92 Å². The number of carboxylic acids is 1. The van der Waals surface area contributed by atoms with Crippen molar-refractivity contribution in [2.75, 3.05) is 0 Å². The van der Waals surface area contributed by atoms with Gasteiger partial charge in [-0.25, -0.2) is 14.5 Å². The second-order valence-corrected chi connectivity index (χ2v) is 4.77. The molecule has 0 fully saturated rings. The van der Waals surface area contributed by atoms with Crippen molar-refractivity contribution >= 4 is 5.97 Å². The number of carbonyl (C=O) groups is 1. The maximum Gasteiger partial charge on any atom is 0.333 e. The fraction of sp³-hybridized carbons (Fsp3) is 0.357. The van der Waals surface area contributed by atoms with Crippen LogP contribution in [-0.4, -0.2) is 25.8 Å². The van der Waals surface area contributed by atoms with E-state index in [0.717, 1.165) is 0 Å². The van der Waals surface area contributed by atoms with E-state index in [1.165, 1.54) is 4.68 Å². The minimum atomic E-state index is -0.932. The number of aromatic nitrogens is 3. The lowest BCUT2D eigenvalue weighted by atomic mass is 10.1. The van der Waals surface area contributed by atoms with Crippen LogP contribution in [0.15, 0.2) is 30.3 Å². The van der Waals surface area contributed by atoms with Crippen LogP contribution in [0.3, 0.4) is 0 Å². The van der Waals surface area contributed by atoms with Crippen molar-refractivity contribution in [2.24, 2.45) is 0 Å². The molecule has 0 aliphatic rings. The molecule has 1 N–H and O–H groups in total. The van der Waals surface area contributed by atoms with Gasteiger partial charge < -0.3 is 5.11 Å². The van der Waals surface area contributed by atoms with Crippen molar-refractivity contribution in [2.45, 2.75) is 32.7 Å². The van der Waals surface area contributed by atoms with Crippen molar-refractivity contribution in [3.63, 3.8) is 0 Å². The van der Waals surface area contributed by atoms with Gasteiger partial charge in [0.25, 0.3) is 0 Å². The number of carboxylic acid groups (broad SMARTS) is 1. The molecular weight excluding hydrogens is 242 g/mol. The molecule has 1 atom stereocenters. The molecule has 5 nitrogen and oxygen atoms in total. The summed E-state index contributed by atoms with van der Waals surface area (Å²) in [6, 6.07) is 8.26. The van der Waals surface area contributed by atoms with Gasteiger partial charge in [-0.2, -0.15) is 5.10 Å². The molecule has 0 saturated carbocycles. The summed E-state index contributed by atoms with van der Waals surface area (Å²) in [7, 11) is 0. The third kappa shape index (κ3) is 2.65.